The van der Waals surface area contributed by atoms with E-state index in [1.165, 1.54) is 5.56 Å². The predicted octanol–water partition coefficient (Wildman–Crippen LogP) is 2.66. The van der Waals surface area contributed by atoms with Crippen molar-refractivity contribution in [2.24, 2.45) is 0 Å². The van der Waals surface area contributed by atoms with Crippen LogP contribution in [0.25, 0.3) is 0 Å². The zero-order valence-electron chi connectivity index (χ0n) is 12.4. The SMILES string of the molecule is Cc1ccc(CNCC2COC3(CCOCC3)O2)cc1Cl. The van der Waals surface area contributed by atoms with Gasteiger partial charge in [0.1, 0.15) is 0 Å². The van der Waals surface area contributed by atoms with Gasteiger partial charge in [-0.25, -0.2) is 0 Å². The summed E-state index contributed by atoms with van der Waals surface area (Å²) in [5, 5.41) is 4.23. The van der Waals surface area contributed by atoms with Crippen molar-refractivity contribution in [3.05, 3.63) is 34.3 Å². The number of benzene rings is 1. The van der Waals surface area contributed by atoms with Crippen LogP contribution in [0.5, 0.6) is 0 Å². The highest BCUT2D eigenvalue weighted by Crippen LogP contribution is 2.32. The van der Waals surface area contributed by atoms with E-state index in [-0.39, 0.29) is 6.10 Å². The maximum absolute atomic E-state index is 6.13. The highest BCUT2D eigenvalue weighted by Gasteiger charge is 2.42. The second-order valence-electron chi connectivity index (χ2n) is 5.79. The van der Waals surface area contributed by atoms with E-state index in [1.54, 1.807) is 0 Å². The molecule has 1 N–H and O–H groups in total. The molecular formula is C16H22ClNO3. The van der Waals surface area contributed by atoms with E-state index in [1.807, 2.05) is 19.1 Å². The molecule has 2 aliphatic rings. The van der Waals surface area contributed by atoms with Gasteiger partial charge in [0.15, 0.2) is 5.79 Å². The number of hydrogen-bond acceptors (Lipinski definition) is 4. The van der Waals surface area contributed by atoms with E-state index in [9.17, 15) is 0 Å². The molecule has 21 heavy (non-hydrogen) atoms. The molecule has 0 bridgehead atoms. The Morgan fingerprint density at radius 2 is 2.14 bits per heavy atom. The van der Waals surface area contributed by atoms with Gasteiger partial charge < -0.3 is 19.5 Å². The Kier molecular flexibility index (Phi) is 4.82. The van der Waals surface area contributed by atoms with Crippen LogP contribution in [0.4, 0.5) is 0 Å². The first-order chi connectivity index (χ1) is 10.2. The molecule has 1 atom stereocenters. The second kappa shape index (κ2) is 6.63. The Hall–Kier alpha value is -0.650. The first kappa shape index (κ1) is 15.3. The molecule has 4 nitrogen and oxygen atoms in total. The van der Waals surface area contributed by atoms with Crippen molar-refractivity contribution in [2.45, 2.75) is 38.2 Å². The zero-order valence-corrected chi connectivity index (χ0v) is 13.1. The number of rotatable bonds is 4. The fourth-order valence-electron chi connectivity index (χ4n) is 2.79. The van der Waals surface area contributed by atoms with Crippen LogP contribution in [0.2, 0.25) is 5.02 Å². The summed E-state index contributed by atoms with van der Waals surface area (Å²) in [5.74, 6) is -0.391. The maximum Gasteiger partial charge on any atom is 0.173 e. The topological polar surface area (TPSA) is 39.7 Å². The number of aryl methyl sites for hydroxylation is 1. The van der Waals surface area contributed by atoms with Crippen LogP contribution in [0.15, 0.2) is 18.2 Å². The minimum absolute atomic E-state index is 0.115. The average Bonchev–Trinajstić information content (AvgIpc) is 2.86. The molecular weight excluding hydrogens is 290 g/mol. The normalized spacial score (nSPS) is 24.6. The third-order valence-electron chi connectivity index (χ3n) is 4.11. The molecule has 1 spiro atoms. The van der Waals surface area contributed by atoms with Gasteiger partial charge in [-0.2, -0.15) is 0 Å². The quantitative estimate of drug-likeness (QED) is 0.928. The fourth-order valence-corrected chi connectivity index (χ4v) is 2.99. The molecule has 2 aliphatic heterocycles. The third-order valence-corrected chi connectivity index (χ3v) is 4.51. The molecule has 0 amide bonds. The molecule has 2 fully saturated rings. The lowest BCUT2D eigenvalue weighted by molar-refractivity contribution is -0.210. The van der Waals surface area contributed by atoms with Gasteiger partial charge in [-0.15, -0.1) is 0 Å². The van der Waals surface area contributed by atoms with Crippen LogP contribution < -0.4 is 5.32 Å². The largest absolute Gasteiger partial charge is 0.381 e. The number of hydrogen-bond donors (Lipinski definition) is 1. The maximum atomic E-state index is 6.13. The van der Waals surface area contributed by atoms with Gasteiger partial charge in [-0.05, 0) is 24.1 Å². The van der Waals surface area contributed by atoms with Crippen molar-refractivity contribution in [2.75, 3.05) is 26.4 Å². The zero-order chi connectivity index (χ0) is 14.7. The van der Waals surface area contributed by atoms with Gasteiger partial charge >= 0.3 is 0 Å². The molecule has 116 valence electrons. The molecule has 2 saturated heterocycles. The van der Waals surface area contributed by atoms with E-state index >= 15 is 0 Å². The molecule has 3 rings (SSSR count). The summed E-state index contributed by atoms with van der Waals surface area (Å²) in [6.45, 7) is 5.69. The smallest absolute Gasteiger partial charge is 0.173 e. The van der Waals surface area contributed by atoms with Gasteiger partial charge in [0.2, 0.25) is 0 Å². The molecule has 2 heterocycles. The van der Waals surface area contributed by atoms with Gasteiger partial charge in [0, 0.05) is 31.0 Å². The summed E-state index contributed by atoms with van der Waals surface area (Å²) in [6, 6.07) is 6.15. The Morgan fingerprint density at radius 1 is 1.33 bits per heavy atom. The van der Waals surface area contributed by atoms with Crippen LogP contribution >= 0.6 is 11.6 Å². The second-order valence-corrected chi connectivity index (χ2v) is 6.20. The van der Waals surface area contributed by atoms with Gasteiger partial charge in [0.05, 0.1) is 25.9 Å². The minimum Gasteiger partial charge on any atom is -0.381 e. The van der Waals surface area contributed by atoms with Crippen LogP contribution in [0, 0.1) is 6.92 Å². The minimum atomic E-state index is -0.391. The molecule has 0 saturated carbocycles. The van der Waals surface area contributed by atoms with Crippen LogP contribution in [-0.2, 0) is 20.8 Å². The molecule has 1 aromatic carbocycles. The van der Waals surface area contributed by atoms with Crippen molar-refractivity contribution in [1.82, 2.24) is 5.32 Å². The van der Waals surface area contributed by atoms with E-state index in [4.69, 9.17) is 25.8 Å². The van der Waals surface area contributed by atoms with E-state index in [2.05, 4.69) is 11.4 Å². The summed E-state index contributed by atoms with van der Waals surface area (Å²) in [4.78, 5) is 0. The first-order valence-corrected chi connectivity index (χ1v) is 7.90. The molecule has 0 aromatic heterocycles. The molecule has 1 aromatic rings. The lowest BCUT2D eigenvalue weighted by atomic mass is 10.1. The van der Waals surface area contributed by atoms with Crippen LogP contribution in [-0.4, -0.2) is 38.3 Å². The van der Waals surface area contributed by atoms with Crippen LogP contribution in [0.1, 0.15) is 24.0 Å². The molecule has 0 radical (unpaired) electrons. The van der Waals surface area contributed by atoms with Crippen molar-refractivity contribution >= 4 is 11.6 Å². The van der Waals surface area contributed by atoms with Gasteiger partial charge in [-0.3, -0.25) is 0 Å². The van der Waals surface area contributed by atoms with E-state index in [0.717, 1.165) is 49.7 Å². The fraction of sp³-hybridized carbons (Fsp3) is 0.625. The summed E-state index contributed by atoms with van der Waals surface area (Å²) in [7, 11) is 0. The van der Waals surface area contributed by atoms with Crippen molar-refractivity contribution in [1.29, 1.82) is 0 Å². The lowest BCUT2D eigenvalue weighted by Gasteiger charge is -2.31. The number of halogens is 1. The summed E-state index contributed by atoms with van der Waals surface area (Å²) in [6.07, 6.45) is 1.78. The van der Waals surface area contributed by atoms with Gasteiger partial charge in [0.25, 0.3) is 0 Å². The Labute approximate surface area is 130 Å². The highest BCUT2D eigenvalue weighted by molar-refractivity contribution is 6.31. The predicted molar refractivity (Wildman–Crippen MR) is 81.5 cm³/mol. The van der Waals surface area contributed by atoms with E-state index < -0.39 is 5.79 Å². The lowest BCUT2D eigenvalue weighted by Crippen LogP contribution is -2.39. The van der Waals surface area contributed by atoms with E-state index in [0.29, 0.717) is 6.61 Å². The van der Waals surface area contributed by atoms with Crippen LogP contribution in [0.3, 0.4) is 0 Å². The molecule has 5 heteroatoms. The van der Waals surface area contributed by atoms with Gasteiger partial charge in [-0.1, -0.05) is 23.7 Å². The summed E-state index contributed by atoms with van der Waals surface area (Å²) >= 11 is 6.13. The number of ether oxygens (including phenoxy) is 3. The van der Waals surface area contributed by atoms with Crippen molar-refractivity contribution in [3.8, 4) is 0 Å². The summed E-state index contributed by atoms with van der Waals surface area (Å²) < 4.78 is 17.3. The standard InChI is InChI=1S/C16H22ClNO3/c1-12-2-3-13(8-15(12)17)9-18-10-14-11-20-16(21-14)4-6-19-7-5-16/h2-3,8,14,18H,4-7,9-11H2,1H3. The van der Waals surface area contributed by atoms with Crippen molar-refractivity contribution in [3.63, 3.8) is 0 Å². The third kappa shape index (κ3) is 3.76. The average molecular weight is 312 g/mol. The molecule has 1 unspecified atom stereocenters. The Bertz CT molecular complexity index is 488. The summed E-state index contributed by atoms with van der Waals surface area (Å²) in [5.41, 5.74) is 2.29. The van der Waals surface area contributed by atoms with Crippen molar-refractivity contribution < 1.29 is 14.2 Å². The molecule has 0 aliphatic carbocycles. The Balaban J connectivity index is 1.44. The monoisotopic (exact) mass is 311 g/mol. The Morgan fingerprint density at radius 3 is 2.90 bits per heavy atom. The number of nitrogens with one attached hydrogen (secondary N) is 1. The first-order valence-electron chi connectivity index (χ1n) is 7.52. The highest BCUT2D eigenvalue weighted by atomic mass is 35.5.